The Balaban J connectivity index is 1.44. The van der Waals surface area contributed by atoms with E-state index < -0.39 is 0 Å². The van der Waals surface area contributed by atoms with E-state index in [4.69, 9.17) is 9.47 Å². The van der Waals surface area contributed by atoms with Crippen molar-refractivity contribution in [1.29, 1.82) is 0 Å². The molecule has 198 valence electrons. The summed E-state index contributed by atoms with van der Waals surface area (Å²) in [4.78, 5) is 22.3. The number of carbonyl (C=O) groups is 1. The van der Waals surface area contributed by atoms with E-state index in [0.717, 1.165) is 18.4 Å². The first kappa shape index (κ1) is 25.5. The summed E-state index contributed by atoms with van der Waals surface area (Å²) in [6.45, 7) is 9.25. The molecule has 0 aliphatic carbocycles. The maximum Gasteiger partial charge on any atom is 0.298 e. The van der Waals surface area contributed by atoms with E-state index >= 15 is 0 Å². The number of hydrogen-bond acceptors (Lipinski definition) is 10. The molecular weight excluding hydrogens is 484 g/mol. The van der Waals surface area contributed by atoms with Crippen molar-refractivity contribution in [3.63, 3.8) is 0 Å². The smallest absolute Gasteiger partial charge is 0.298 e. The number of methoxy groups -OCH3 is 1. The quantitative estimate of drug-likeness (QED) is 0.365. The number of imidazole rings is 1. The Hall–Kier alpha value is -4.12. The molecule has 4 heterocycles. The van der Waals surface area contributed by atoms with Crippen LogP contribution in [0.2, 0.25) is 0 Å². The number of carbonyl (C=O) groups excluding carboxylic acids is 1. The lowest BCUT2D eigenvalue weighted by Crippen LogP contribution is -2.62. The van der Waals surface area contributed by atoms with Gasteiger partial charge in [-0.15, -0.1) is 10.2 Å². The molecule has 1 saturated heterocycles. The van der Waals surface area contributed by atoms with Crippen LogP contribution in [-0.2, 0) is 4.79 Å². The summed E-state index contributed by atoms with van der Waals surface area (Å²) in [6, 6.07) is 7.47. The fourth-order valence-corrected chi connectivity index (χ4v) is 5.48. The van der Waals surface area contributed by atoms with Gasteiger partial charge in [-0.05, 0) is 52.7 Å². The van der Waals surface area contributed by atoms with Crippen LogP contribution in [0.3, 0.4) is 0 Å². The fourth-order valence-electron chi connectivity index (χ4n) is 5.48. The number of benzene rings is 1. The van der Waals surface area contributed by atoms with Crippen molar-refractivity contribution >= 4 is 18.1 Å². The van der Waals surface area contributed by atoms with Gasteiger partial charge in [-0.25, -0.2) is 14.5 Å². The summed E-state index contributed by atoms with van der Waals surface area (Å²) in [7, 11) is 3.59. The highest BCUT2D eigenvalue weighted by atomic mass is 16.5. The van der Waals surface area contributed by atoms with Gasteiger partial charge in [0.1, 0.15) is 11.4 Å². The normalized spacial score (nSPS) is 16.8. The SMILES string of the molecule is COc1cc(-c2ccc(-c3cnc(N(C)C4CC(C)(C)NC(C)(C)C4)nn3)c(OC=O)c2)nn2ccnc12. The van der Waals surface area contributed by atoms with Gasteiger partial charge < -0.3 is 19.7 Å². The summed E-state index contributed by atoms with van der Waals surface area (Å²) in [6.07, 6.45) is 6.96. The minimum Gasteiger partial charge on any atom is -0.493 e. The van der Waals surface area contributed by atoms with Crippen LogP contribution in [0.15, 0.2) is 42.9 Å². The van der Waals surface area contributed by atoms with Crippen LogP contribution in [-0.4, -0.2) is 67.5 Å². The van der Waals surface area contributed by atoms with Crippen LogP contribution >= 0.6 is 0 Å². The zero-order chi connectivity index (χ0) is 27.1. The molecule has 4 aromatic rings. The Bertz CT molecular complexity index is 1450. The standard InChI is InChI=1S/C27H32N8O3/c1-26(2)13-18(14-27(3,4)33-26)34(5)25-29-15-21(30-31-25)19-8-7-17(11-22(19)38-16-36)20-12-23(37-6)24-28-9-10-35(24)32-20/h7-12,15-16,18,33H,13-14H2,1-6H3. The third-order valence-electron chi connectivity index (χ3n) is 6.86. The van der Waals surface area contributed by atoms with E-state index in [0.29, 0.717) is 46.5 Å². The number of aromatic nitrogens is 6. The maximum atomic E-state index is 11.3. The lowest BCUT2D eigenvalue weighted by molar-refractivity contribution is -0.120. The highest BCUT2D eigenvalue weighted by Crippen LogP contribution is 2.35. The summed E-state index contributed by atoms with van der Waals surface area (Å²) in [5.74, 6) is 1.45. The molecule has 0 atom stereocenters. The number of ether oxygens (including phenoxy) is 2. The monoisotopic (exact) mass is 516 g/mol. The zero-order valence-electron chi connectivity index (χ0n) is 22.5. The van der Waals surface area contributed by atoms with Gasteiger partial charge in [0.05, 0.1) is 19.0 Å². The van der Waals surface area contributed by atoms with Crippen molar-refractivity contribution < 1.29 is 14.3 Å². The minimum absolute atomic E-state index is 0.00185. The lowest BCUT2D eigenvalue weighted by Gasteiger charge is -2.48. The van der Waals surface area contributed by atoms with Gasteiger partial charge in [0.15, 0.2) is 11.4 Å². The second kappa shape index (κ2) is 9.64. The molecule has 1 fully saturated rings. The Kier molecular flexibility index (Phi) is 6.47. The Labute approximate surface area is 221 Å². The summed E-state index contributed by atoms with van der Waals surface area (Å²) >= 11 is 0. The van der Waals surface area contributed by atoms with Crippen LogP contribution in [0.4, 0.5) is 5.95 Å². The Morgan fingerprint density at radius 3 is 2.47 bits per heavy atom. The molecule has 5 rings (SSSR count). The van der Waals surface area contributed by atoms with E-state index in [1.807, 2.05) is 19.2 Å². The second-order valence-corrected chi connectivity index (χ2v) is 10.9. The van der Waals surface area contributed by atoms with Gasteiger partial charge in [0.25, 0.3) is 6.47 Å². The van der Waals surface area contributed by atoms with Crippen LogP contribution in [0.1, 0.15) is 40.5 Å². The third kappa shape index (κ3) is 5.01. The second-order valence-electron chi connectivity index (χ2n) is 10.9. The van der Waals surface area contributed by atoms with Crippen LogP contribution < -0.4 is 19.7 Å². The first-order chi connectivity index (χ1) is 18.1. The van der Waals surface area contributed by atoms with Crippen molar-refractivity contribution in [2.45, 2.75) is 57.7 Å². The van der Waals surface area contributed by atoms with Crippen molar-refractivity contribution in [2.24, 2.45) is 0 Å². The molecular formula is C27H32N8O3. The number of nitrogens with one attached hydrogen (secondary N) is 1. The molecule has 0 radical (unpaired) electrons. The molecule has 0 amide bonds. The molecule has 1 N–H and O–H groups in total. The Morgan fingerprint density at radius 2 is 1.82 bits per heavy atom. The molecule has 1 aromatic carbocycles. The number of nitrogens with zero attached hydrogens (tertiary/aromatic N) is 7. The predicted molar refractivity (Wildman–Crippen MR) is 143 cm³/mol. The summed E-state index contributed by atoms with van der Waals surface area (Å²) < 4.78 is 12.4. The molecule has 0 saturated carbocycles. The largest absolute Gasteiger partial charge is 0.493 e. The molecule has 11 nitrogen and oxygen atoms in total. The van der Waals surface area contributed by atoms with Gasteiger partial charge in [-0.3, -0.25) is 4.79 Å². The molecule has 11 heteroatoms. The van der Waals surface area contributed by atoms with E-state index in [9.17, 15) is 4.79 Å². The molecule has 0 unspecified atom stereocenters. The van der Waals surface area contributed by atoms with Crippen molar-refractivity contribution in [3.8, 4) is 34.0 Å². The number of fused-ring (bicyclic) bond motifs is 1. The van der Waals surface area contributed by atoms with E-state index in [1.165, 1.54) is 0 Å². The number of hydrogen-bond donors (Lipinski definition) is 1. The average Bonchev–Trinajstić information content (AvgIpc) is 3.35. The topological polar surface area (TPSA) is 120 Å². The summed E-state index contributed by atoms with van der Waals surface area (Å²) in [5.41, 5.74) is 3.05. The number of piperidine rings is 1. The van der Waals surface area contributed by atoms with Gasteiger partial charge in [-0.2, -0.15) is 5.10 Å². The van der Waals surface area contributed by atoms with Gasteiger partial charge in [-0.1, -0.05) is 6.07 Å². The average molecular weight is 517 g/mol. The fraction of sp³-hybridized carbons (Fsp3) is 0.407. The Morgan fingerprint density at radius 1 is 1.05 bits per heavy atom. The third-order valence-corrected chi connectivity index (χ3v) is 6.86. The van der Waals surface area contributed by atoms with Crippen molar-refractivity contribution in [3.05, 3.63) is 42.9 Å². The molecule has 3 aromatic heterocycles. The van der Waals surface area contributed by atoms with Crippen LogP contribution in [0, 0.1) is 0 Å². The molecule has 0 spiro atoms. The van der Waals surface area contributed by atoms with E-state index in [-0.39, 0.29) is 17.1 Å². The molecule has 0 bridgehead atoms. The zero-order valence-corrected chi connectivity index (χ0v) is 22.5. The van der Waals surface area contributed by atoms with Crippen LogP contribution in [0.25, 0.3) is 28.2 Å². The minimum atomic E-state index is -0.00185. The molecule has 1 aliphatic heterocycles. The highest BCUT2D eigenvalue weighted by Gasteiger charge is 2.39. The lowest BCUT2D eigenvalue weighted by atomic mass is 9.79. The van der Waals surface area contributed by atoms with Crippen LogP contribution in [0.5, 0.6) is 11.5 Å². The van der Waals surface area contributed by atoms with Gasteiger partial charge in [0.2, 0.25) is 5.95 Å². The first-order valence-electron chi connectivity index (χ1n) is 12.4. The van der Waals surface area contributed by atoms with E-state index in [2.05, 4.69) is 63.2 Å². The van der Waals surface area contributed by atoms with Gasteiger partial charge >= 0.3 is 0 Å². The van der Waals surface area contributed by atoms with E-state index in [1.54, 1.807) is 42.3 Å². The van der Waals surface area contributed by atoms with Crippen molar-refractivity contribution in [1.82, 2.24) is 35.1 Å². The molecule has 1 aliphatic rings. The maximum absolute atomic E-state index is 11.3. The number of rotatable bonds is 7. The van der Waals surface area contributed by atoms with Crippen molar-refractivity contribution in [2.75, 3.05) is 19.1 Å². The predicted octanol–water partition coefficient (Wildman–Crippen LogP) is 3.54. The summed E-state index contributed by atoms with van der Waals surface area (Å²) in [5, 5.41) is 17.1. The highest BCUT2D eigenvalue weighted by molar-refractivity contribution is 5.75. The first-order valence-corrected chi connectivity index (χ1v) is 12.4. The number of anilines is 1. The molecule has 38 heavy (non-hydrogen) atoms. The van der Waals surface area contributed by atoms with Gasteiger partial charge in [0, 0.05) is 53.8 Å².